The summed E-state index contributed by atoms with van der Waals surface area (Å²) < 4.78 is 0. The summed E-state index contributed by atoms with van der Waals surface area (Å²) in [6.45, 7) is 4.20. The predicted octanol–water partition coefficient (Wildman–Crippen LogP) is 4.62. The van der Waals surface area contributed by atoms with Crippen LogP contribution >= 0.6 is 23.4 Å². The first-order chi connectivity index (χ1) is 13.3. The second kappa shape index (κ2) is 10.1. The van der Waals surface area contributed by atoms with Crippen molar-refractivity contribution < 1.29 is 14.7 Å². The Labute approximate surface area is 172 Å². The number of carbonyl (C=O) groups is 2. The van der Waals surface area contributed by atoms with E-state index in [0.29, 0.717) is 27.9 Å². The molecule has 0 saturated carbocycles. The van der Waals surface area contributed by atoms with Gasteiger partial charge in [0.1, 0.15) is 11.1 Å². The maximum atomic E-state index is 12.1. The lowest BCUT2D eigenvalue weighted by Gasteiger charge is -2.09. The molecule has 0 bridgehead atoms. The van der Waals surface area contributed by atoms with Crippen LogP contribution in [0.2, 0.25) is 5.02 Å². The van der Waals surface area contributed by atoms with Gasteiger partial charge in [0, 0.05) is 23.6 Å². The van der Waals surface area contributed by atoms with E-state index in [1.807, 2.05) is 6.07 Å². The second-order valence-electron chi connectivity index (χ2n) is 6.51. The Bertz CT molecular complexity index is 925. The first-order valence-corrected chi connectivity index (χ1v) is 10.0. The highest BCUT2D eigenvalue weighted by atomic mass is 35.5. The Kier molecular flexibility index (Phi) is 7.85. The van der Waals surface area contributed by atoms with Crippen LogP contribution in [0.5, 0.6) is 0 Å². The van der Waals surface area contributed by atoms with Gasteiger partial charge in [-0.2, -0.15) is 5.26 Å². The van der Waals surface area contributed by atoms with Gasteiger partial charge in [0.15, 0.2) is 0 Å². The molecule has 1 aromatic carbocycles. The molecule has 0 atom stereocenters. The van der Waals surface area contributed by atoms with Crippen molar-refractivity contribution in [2.24, 2.45) is 5.92 Å². The summed E-state index contributed by atoms with van der Waals surface area (Å²) in [6, 6.07) is 10.0. The van der Waals surface area contributed by atoms with E-state index in [9.17, 15) is 14.9 Å². The second-order valence-corrected chi connectivity index (χ2v) is 8.00. The van der Waals surface area contributed by atoms with Crippen LogP contribution in [0.15, 0.2) is 35.4 Å². The lowest BCUT2D eigenvalue weighted by Crippen LogP contribution is -2.13. The van der Waals surface area contributed by atoms with Crippen LogP contribution in [0.25, 0.3) is 0 Å². The van der Waals surface area contributed by atoms with E-state index in [1.54, 1.807) is 12.1 Å². The molecule has 0 spiro atoms. The van der Waals surface area contributed by atoms with E-state index < -0.39 is 5.97 Å². The molecule has 8 heteroatoms. The van der Waals surface area contributed by atoms with Crippen molar-refractivity contribution >= 4 is 40.9 Å². The number of nitrogens with one attached hydrogen (secondary N) is 1. The van der Waals surface area contributed by atoms with E-state index in [4.69, 9.17) is 16.7 Å². The molecule has 1 amide bonds. The van der Waals surface area contributed by atoms with Crippen LogP contribution in [-0.4, -0.2) is 27.7 Å². The molecule has 6 nitrogen and oxygen atoms in total. The predicted molar refractivity (Wildman–Crippen MR) is 110 cm³/mol. The Balaban J connectivity index is 1.96. The van der Waals surface area contributed by atoms with Gasteiger partial charge in [-0.05, 0) is 42.7 Å². The minimum Gasteiger partial charge on any atom is -0.478 e. The highest BCUT2D eigenvalue weighted by molar-refractivity contribution is 7.99. The lowest BCUT2D eigenvalue weighted by atomic mass is 10.1. The number of thioether (sulfide) groups is 1. The molecule has 1 heterocycles. The van der Waals surface area contributed by atoms with Crippen molar-refractivity contribution in [1.82, 2.24) is 4.98 Å². The molecule has 0 radical (unpaired) electrons. The maximum absolute atomic E-state index is 12.1. The molecule has 2 rings (SSSR count). The SMILES string of the molecule is CC(C)Cc1ccc(C#N)c(SCCC(=O)Nc2ccc(Cl)c(C(=O)O)c2)n1. The number of nitriles is 1. The highest BCUT2D eigenvalue weighted by Crippen LogP contribution is 2.23. The standard InChI is InChI=1S/C20H20ClN3O3S/c1-12(2)9-14-4-3-13(11-22)19(24-14)28-8-7-18(25)23-15-5-6-17(21)16(10-15)20(26)27/h3-6,10,12H,7-9H2,1-2H3,(H,23,25)(H,26,27). The van der Waals surface area contributed by atoms with Gasteiger partial charge < -0.3 is 10.4 Å². The fraction of sp³-hybridized carbons (Fsp3) is 0.300. The third-order valence-corrected chi connectivity index (χ3v) is 5.03. The average Bonchev–Trinajstić information content (AvgIpc) is 2.63. The molecule has 0 saturated heterocycles. The maximum Gasteiger partial charge on any atom is 0.337 e. The topological polar surface area (TPSA) is 103 Å². The van der Waals surface area contributed by atoms with Gasteiger partial charge in [-0.25, -0.2) is 9.78 Å². The molecular formula is C20H20ClN3O3S. The van der Waals surface area contributed by atoms with Crippen molar-refractivity contribution in [3.8, 4) is 6.07 Å². The van der Waals surface area contributed by atoms with Crippen molar-refractivity contribution in [3.05, 3.63) is 52.2 Å². The van der Waals surface area contributed by atoms with E-state index in [0.717, 1.165) is 12.1 Å². The number of hydrogen-bond acceptors (Lipinski definition) is 5. The van der Waals surface area contributed by atoms with Crippen LogP contribution < -0.4 is 5.32 Å². The van der Waals surface area contributed by atoms with Crippen molar-refractivity contribution in [2.45, 2.75) is 31.7 Å². The third kappa shape index (κ3) is 6.25. The van der Waals surface area contributed by atoms with Gasteiger partial charge in [0.05, 0.1) is 16.1 Å². The van der Waals surface area contributed by atoms with Gasteiger partial charge in [-0.1, -0.05) is 25.4 Å². The molecule has 0 fully saturated rings. The first-order valence-electron chi connectivity index (χ1n) is 8.65. The number of carbonyl (C=O) groups excluding carboxylic acids is 1. The van der Waals surface area contributed by atoms with Gasteiger partial charge >= 0.3 is 5.97 Å². The largest absolute Gasteiger partial charge is 0.478 e. The fourth-order valence-corrected chi connectivity index (χ4v) is 3.57. The summed E-state index contributed by atoms with van der Waals surface area (Å²) in [4.78, 5) is 27.8. The zero-order valence-electron chi connectivity index (χ0n) is 15.5. The number of rotatable bonds is 8. The molecule has 0 aliphatic heterocycles. The van der Waals surface area contributed by atoms with Gasteiger partial charge in [-0.3, -0.25) is 4.79 Å². The van der Waals surface area contributed by atoms with E-state index in [1.165, 1.54) is 23.9 Å². The molecule has 0 aliphatic rings. The minimum absolute atomic E-state index is 0.0707. The molecule has 28 heavy (non-hydrogen) atoms. The highest BCUT2D eigenvalue weighted by Gasteiger charge is 2.12. The van der Waals surface area contributed by atoms with E-state index in [2.05, 4.69) is 30.2 Å². The molecule has 2 N–H and O–H groups in total. The van der Waals surface area contributed by atoms with Gasteiger partial charge in [0.2, 0.25) is 5.91 Å². The summed E-state index contributed by atoms with van der Waals surface area (Å²) in [5, 5.41) is 21.7. The molecule has 0 aliphatic carbocycles. The van der Waals surface area contributed by atoms with Gasteiger partial charge in [0.25, 0.3) is 0 Å². The number of pyridine rings is 1. The molecule has 146 valence electrons. The Hall–Kier alpha value is -2.56. The summed E-state index contributed by atoms with van der Waals surface area (Å²) in [7, 11) is 0. The number of aromatic carboxylic acids is 1. The minimum atomic E-state index is -1.16. The zero-order chi connectivity index (χ0) is 20.7. The van der Waals surface area contributed by atoms with Crippen LogP contribution in [0.3, 0.4) is 0 Å². The number of carboxylic acid groups (broad SMARTS) is 1. The summed E-state index contributed by atoms with van der Waals surface area (Å²) in [5.41, 5.74) is 1.70. The van der Waals surface area contributed by atoms with Crippen molar-refractivity contribution in [2.75, 3.05) is 11.1 Å². The molecule has 0 unspecified atom stereocenters. The lowest BCUT2D eigenvalue weighted by molar-refractivity contribution is -0.115. The number of aromatic nitrogens is 1. The summed E-state index contributed by atoms with van der Waals surface area (Å²) >= 11 is 7.17. The Morgan fingerprint density at radius 3 is 2.71 bits per heavy atom. The van der Waals surface area contributed by atoms with Crippen molar-refractivity contribution in [1.29, 1.82) is 5.26 Å². The number of anilines is 1. The zero-order valence-corrected chi connectivity index (χ0v) is 17.1. The number of hydrogen-bond donors (Lipinski definition) is 2. The molecule has 2 aromatic rings. The van der Waals surface area contributed by atoms with Crippen LogP contribution in [0.1, 0.15) is 41.9 Å². The van der Waals surface area contributed by atoms with Crippen LogP contribution in [0, 0.1) is 17.2 Å². The molecule has 1 aromatic heterocycles. The summed E-state index contributed by atoms with van der Waals surface area (Å²) in [5.74, 6) is -0.520. The third-order valence-electron chi connectivity index (χ3n) is 3.70. The number of halogens is 1. The average molecular weight is 418 g/mol. The normalized spacial score (nSPS) is 10.5. The van der Waals surface area contributed by atoms with E-state index >= 15 is 0 Å². The van der Waals surface area contributed by atoms with Crippen molar-refractivity contribution in [3.63, 3.8) is 0 Å². The van der Waals surface area contributed by atoms with Crippen LogP contribution in [-0.2, 0) is 11.2 Å². The fourth-order valence-electron chi connectivity index (χ4n) is 2.44. The Morgan fingerprint density at radius 2 is 2.07 bits per heavy atom. The number of amides is 1. The van der Waals surface area contributed by atoms with Gasteiger partial charge in [-0.15, -0.1) is 11.8 Å². The summed E-state index contributed by atoms with van der Waals surface area (Å²) in [6.07, 6.45) is 1.01. The molecular weight excluding hydrogens is 398 g/mol. The van der Waals surface area contributed by atoms with Crippen LogP contribution in [0.4, 0.5) is 5.69 Å². The monoisotopic (exact) mass is 417 g/mol. The van der Waals surface area contributed by atoms with E-state index in [-0.39, 0.29) is 22.9 Å². The number of nitrogens with zero attached hydrogens (tertiary/aromatic N) is 2. The first kappa shape index (κ1) is 21.7. The quantitative estimate of drug-likeness (QED) is 0.607. The Morgan fingerprint density at radius 1 is 1.32 bits per heavy atom. The number of benzene rings is 1. The number of carboxylic acids is 1. The smallest absolute Gasteiger partial charge is 0.337 e.